The van der Waals surface area contributed by atoms with E-state index >= 15 is 0 Å². The quantitative estimate of drug-likeness (QED) is 0.892. The Morgan fingerprint density at radius 1 is 1.30 bits per heavy atom. The van der Waals surface area contributed by atoms with Gasteiger partial charge in [-0.05, 0) is 11.6 Å². The van der Waals surface area contributed by atoms with Crippen LogP contribution in [0, 0.1) is 17.0 Å². The van der Waals surface area contributed by atoms with Gasteiger partial charge in [0, 0.05) is 42.9 Å². The summed E-state index contributed by atoms with van der Waals surface area (Å²) in [6, 6.07) is 3.74. The molecule has 1 aromatic rings. The first-order valence-corrected chi connectivity index (χ1v) is 6.80. The minimum atomic E-state index is -0.537. The highest BCUT2D eigenvalue weighted by molar-refractivity contribution is 5.41. The number of nitrogens with zero attached hydrogens (tertiary/aromatic N) is 1. The molecule has 0 atom stereocenters. The number of rotatable bonds is 2. The van der Waals surface area contributed by atoms with Crippen LogP contribution in [0.15, 0.2) is 41.7 Å². The molecule has 0 aromatic heterocycles. The van der Waals surface area contributed by atoms with Crippen LogP contribution in [-0.2, 0) is 6.54 Å². The predicted octanol–water partition coefficient (Wildman–Crippen LogP) is 3.18. The highest BCUT2D eigenvalue weighted by Crippen LogP contribution is 2.37. The van der Waals surface area contributed by atoms with Gasteiger partial charge in [-0.2, -0.15) is 0 Å². The van der Waals surface area contributed by atoms with Crippen LogP contribution in [-0.4, -0.2) is 18.0 Å². The van der Waals surface area contributed by atoms with E-state index in [2.05, 4.69) is 25.2 Å². The molecule has 0 aliphatic carbocycles. The number of halogens is 2. The summed E-state index contributed by atoms with van der Waals surface area (Å²) in [5, 5.41) is 3.39. The molecule has 0 amide bonds. The van der Waals surface area contributed by atoms with Crippen molar-refractivity contribution in [2.24, 2.45) is 5.41 Å². The Hall–Kier alpha value is -1.84. The zero-order chi connectivity index (χ0) is 14.3. The van der Waals surface area contributed by atoms with Gasteiger partial charge in [0.05, 0.1) is 5.70 Å². The van der Waals surface area contributed by atoms with Gasteiger partial charge >= 0.3 is 0 Å². The molecule has 20 heavy (non-hydrogen) atoms. The van der Waals surface area contributed by atoms with Gasteiger partial charge in [0.15, 0.2) is 0 Å². The lowest BCUT2D eigenvalue weighted by molar-refractivity contribution is 0.385. The third-order valence-corrected chi connectivity index (χ3v) is 3.97. The Morgan fingerprint density at radius 3 is 2.85 bits per heavy atom. The largest absolute Gasteiger partial charge is 0.383 e. The van der Waals surface area contributed by atoms with Crippen molar-refractivity contribution in [3.63, 3.8) is 0 Å². The van der Waals surface area contributed by atoms with Crippen LogP contribution in [0.2, 0.25) is 0 Å². The van der Waals surface area contributed by atoms with Gasteiger partial charge in [-0.25, -0.2) is 8.78 Å². The molecule has 1 saturated heterocycles. The molecule has 1 aromatic carbocycles. The first kappa shape index (κ1) is 13.2. The number of nitrogens with one attached hydrogen (secondary N) is 1. The average molecular weight is 276 g/mol. The number of fused-ring (bicyclic) bond motifs is 1. The second kappa shape index (κ2) is 4.62. The summed E-state index contributed by atoms with van der Waals surface area (Å²) in [5.74, 6) is -1.03. The molecule has 2 nitrogen and oxygen atoms in total. The predicted molar refractivity (Wildman–Crippen MR) is 74.7 cm³/mol. The van der Waals surface area contributed by atoms with Crippen molar-refractivity contribution in [3.05, 3.63) is 58.9 Å². The van der Waals surface area contributed by atoms with Gasteiger partial charge in [-0.3, -0.25) is 0 Å². The van der Waals surface area contributed by atoms with Gasteiger partial charge in [0.25, 0.3) is 0 Å². The SMILES string of the molecule is CC1(C)CNC2=CN(Cc3ccc(F)cc3F)CC=C21. The number of hydrogen-bond acceptors (Lipinski definition) is 2. The molecule has 2 aliphatic heterocycles. The molecule has 2 heterocycles. The van der Waals surface area contributed by atoms with Crippen molar-refractivity contribution in [1.29, 1.82) is 0 Å². The van der Waals surface area contributed by atoms with E-state index in [1.165, 1.54) is 17.7 Å². The van der Waals surface area contributed by atoms with E-state index in [0.29, 0.717) is 12.1 Å². The molecular formula is C16H18F2N2. The Labute approximate surface area is 117 Å². The van der Waals surface area contributed by atoms with Crippen molar-refractivity contribution < 1.29 is 8.78 Å². The number of hydrogen-bond donors (Lipinski definition) is 1. The Kier molecular flexibility index (Phi) is 3.04. The summed E-state index contributed by atoms with van der Waals surface area (Å²) in [7, 11) is 0. The fraction of sp³-hybridized carbons (Fsp3) is 0.375. The van der Waals surface area contributed by atoms with Crippen LogP contribution in [0.5, 0.6) is 0 Å². The van der Waals surface area contributed by atoms with Crippen molar-refractivity contribution in [2.75, 3.05) is 13.1 Å². The maximum absolute atomic E-state index is 13.7. The second-order valence-corrected chi connectivity index (χ2v) is 6.06. The summed E-state index contributed by atoms with van der Waals surface area (Å²) in [6.07, 6.45) is 4.23. The molecule has 0 unspecified atom stereocenters. The van der Waals surface area contributed by atoms with Crippen molar-refractivity contribution >= 4 is 0 Å². The number of allylic oxidation sites excluding steroid dienone is 1. The first-order chi connectivity index (χ1) is 9.45. The van der Waals surface area contributed by atoms with Crippen molar-refractivity contribution in [1.82, 2.24) is 10.2 Å². The van der Waals surface area contributed by atoms with Crippen molar-refractivity contribution in [3.8, 4) is 0 Å². The van der Waals surface area contributed by atoms with Gasteiger partial charge < -0.3 is 10.2 Å². The highest BCUT2D eigenvalue weighted by Gasteiger charge is 2.34. The van der Waals surface area contributed by atoms with Gasteiger partial charge in [0.1, 0.15) is 11.6 Å². The topological polar surface area (TPSA) is 15.3 Å². The first-order valence-electron chi connectivity index (χ1n) is 6.80. The smallest absolute Gasteiger partial charge is 0.131 e. The summed E-state index contributed by atoms with van der Waals surface area (Å²) in [5.41, 5.74) is 3.11. The third kappa shape index (κ3) is 2.30. The second-order valence-electron chi connectivity index (χ2n) is 6.06. The van der Waals surface area contributed by atoms with E-state index in [1.54, 1.807) is 0 Å². The van der Waals surface area contributed by atoms with Crippen LogP contribution in [0.3, 0.4) is 0 Å². The van der Waals surface area contributed by atoms with E-state index in [1.807, 2.05) is 11.1 Å². The molecule has 0 bridgehead atoms. The molecule has 4 heteroatoms. The summed E-state index contributed by atoms with van der Waals surface area (Å²) in [4.78, 5) is 2.03. The van der Waals surface area contributed by atoms with Gasteiger partial charge in [0.2, 0.25) is 0 Å². The zero-order valence-corrected chi connectivity index (χ0v) is 11.7. The lowest BCUT2D eigenvalue weighted by Crippen LogP contribution is -2.24. The minimum absolute atomic E-state index is 0.152. The van der Waals surface area contributed by atoms with Crippen LogP contribution >= 0.6 is 0 Å². The van der Waals surface area contributed by atoms with E-state index in [9.17, 15) is 8.78 Å². The summed E-state index contributed by atoms with van der Waals surface area (Å²) in [6.45, 7) is 6.54. The Balaban J connectivity index is 1.77. The Bertz CT molecular complexity index is 602. The van der Waals surface area contributed by atoms with Crippen molar-refractivity contribution in [2.45, 2.75) is 20.4 Å². The van der Waals surface area contributed by atoms with E-state index in [0.717, 1.165) is 24.9 Å². The average Bonchev–Trinajstić information content (AvgIpc) is 2.69. The van der Waals surface area contributed by atoms with E-state index in [4.69, 9.17) is 0 Å². The maximum atomic E-state index is 13.7. The van der Waals surface area contributed by atoms with Crippen LogP contribution in [0.4, 0.5) is 8.78 Å². The number of benzene rings is 1. The monoisotopic (exact) mass is 276 g/mol. The molecule has 2 aliphatic rings. The molecule has 0 saturated carbocycles. The van der Waals surface area contributed by atoms with Gasteiger partial charge in [-0.15, -0.1) is 0 Å². The Morgan fingerprint density at radius 2 is 2.10 bits per heavy atom. The fourth-order valence-corrected chi connectivity index (χ4v) is 2.80. The van der Waals surface area contributed by atoms with Crippen LogP contribution < -0.4 is 5.32 Å². The van der Waals surface area contributed by atoms with Gasteiger partial charge in [-0.1, -0.05) is 26.0 Å². The summed E-state index contributed by atoms with van der Waals surface area (Å²) < 4.78 is 26.6. The fourth-order valence-electron chi connectivity index (χ4n) is 2.80. The minimum Gasteiger partial charge on any atom is -0.383 e. The summed E-state index contributed by atoms with van der Waals surface area (Å²) >= 11 is 0. The molecular weight excluding hydrogens is 258 g/mol. The van der Waals surface area contributed by atoms with Crippen LogP contribution in [0.25, 0.3) is 0 Å². The standard InChI is InChI=1S/C16H18F2N2/c1-16(2)10-19-15-9-20(6-5-13(15)16)8-11-3-4-12(17)7-14(11)18/h3-5,7,9,19H,6,8,10H2,1-2H3. The maximum Gasteiger partial charge on any atom is 0.131 e. The molecule has 0 radical (unpaired) electrons. The van der Waals surface area contributed by atoms with E-state index < -0.39 is 11.6 Å². The van der Waals surface area contributed by atoms with E-state index in [-0.39, 0.29) is 5.41 Å². The highest BCUT2D eigenvalue weighted by atomic mass is 19.1. The lowest BCUT2D eigenvalue weighted by Gasteiger charge is -2.27. The normalized spacial score (nSPS) is 20.1. The lowest BCUT2D eigenvalue weighted by atomic mass is 9.85. The molecule has 0 spiro atoms. The zero-order valence-electron chi connectivity index (χ0n) is 11.7. The third-order valence-electron chi connectivity index (χ3n) is 3.97. The molecule has 1 N–H and O–H groups in total. The molecule has 106 valence electrons. The molecule has 3 rings (SSSR count). The van der Waals surface area contributed by atoms with Crippen LogP contribution in [0.1, 0.15) is 19.4 Å². The molecule has 1 fully saturated rings.